The van der Waals surface area contributed by atoms with Crippen LogP contribution in [-0.2, 0) is 26.9 Å². The topological polar surface area (TPSA) is 86.6 Å². The molecule has 1 amide bonds. The van der Waals surface area contributed by atoms with E-state index in [2.05, 4.69) is 5.32 Å². The predicted octanol–water partition coefficient (Wildman–Crippen LogP) is 4.58. The molecule has 0 saturated carbocycles. The van der Waals surface area contributed by atoms with Gasteiger partial charge in [0.25, 0.3) is 0 Å². The van der Waals surface area contributed by atoms with E-state index < -0.39 is 9.84 Å². The summed E-state index contributed by atoms with van der Waals surface area (Å²) < 4.78 is 38.8. The Morgan fingerprint density at radius 2 is 1.71 bits per heavy atom. The number of carbonyl (C=O) groups is 1. The number of aromatic nitrogens is 1. The van der Waals surface area contributed by atoms with Crippen LogP contribution in [0.15, 0.2) is 77.8 Å². The minimum Gasteiger partial charge on any atom is -0.497 e. The molecule has 7 nitrogen and oxygen atoms in total. The van der Waals surface area contributed by atoms with E-state index in [1.54, 1.807) is 41.0 Å². The van der Waals surface area contributed by atoms with Gasteiger partial charge in [-0.2, -0.15) is 0 Å². The largest absolute Gasteiger partial charge is 0.497 e. The summed E-state index contributed by atoms with van der Waals surface area (Å²) in [5.74, 6) is 0.628. The number of sulfone groups is 1. The number of nitrogens with zero attached hydrogens (tertiary/aromatic N) is 1. The lowest BCUT2D eigenvalue weighted by atomic mass is 10.2. The van der Waals surface area contributed by atoms with Gasteiger partial charge in [0.1, 0.15) is 18.0 Å². The van der Waals surface area contributed by atoms with Crippen LogP contribution in [0, 0.1) is 6.92 Å². The lowest BCUT2D eigenvalue weighted by Gasteiger charge is -2.12. The highest BCUT2D eigenvalue weighted by Crippen LogP contribution is 2.30. The van der Waals surface area contributed by atoms with E-state index in [0.29, 0.717) is 33.7 Å². The maximum absolute atomic E-state index is 13.3. The minimum atomic E-state index is -3.64. The molecule has 0 atom stereocenters. The number of anilines is 1. The van der Waals surface area contributed by atoms with E-state index in [0.717, 1.165) is 5.56 Å². The van der Waals surface area contributed by atoms with Crippen molar-refractivity contribution in [2.24, 2.45) is 0 Å². The van der Waals surface area contributed by atoms with Crippen LogP contribution in [-0.4, -0.2) is 33.1 Å². The maximum atomic E-state index is 13.3. The number of aryl methyl sites for hydroxylation is 1. The summed E-state index contributed by atoms with van der Waals surface area (Å²) >= 11 is 0. The van der Waals surface area contributed by atoms with Gasteiger partial charge in [-0.25, -0.2) is 8.42 Å². The third-order valence-electron chi connectivity index (χ3n) is 5.56. The second-order valence-corrected chi connectivity index (χ2v) is 9.96. The number of nitrogens with one attached hydrogen (secondary N) is 1. The molecule has 0 fully saturated rings. The number of rotatable bonds is 8. The lowest BCUT2D eigenvalue weighted by molar-refractivity contribution is -0.116. The van der Waals surface area contributed by atoms with Gasteiger partial charge in [0.05, 0.1) is 30.6 Å². The predicted molar refractivity (Wildman–Crippen MR) is 132 cm³/mol. The van der Waals surface area contributed by atoms with Gasteiger partial charge in [0.2, 0.25) is 5.91 Å². The fourth-order valence-corrected chi connectivity index (χ4v) is 5.41. The van der Waals surface area contributed by atoms with E-state index >= 15 is 0 Å². The van der Waals surface area contributed by atoms with Crippen molar-refractivity contribution in [1.82, 2.24) is 4.57 Å². The molecule has 0 aliphatic carbocycles. The molecule has 176 valence electrons. The first-order valence-electron chi connectivity index (χ1n) is 10.7. The zero-order chi connectivity index (χ0) is 24.3. The Morgan fingerprint density at radius 1 is 0.971 bits per heavy atom. The number of ether oxygens (including phenoxy) is 2. The van der Waals surface area contributed by atoms with Crippen molar-refractivity contribution in [2.75, 3.05) is 19.5 Å². The van der Waals surface area contributed by atoms with Crippen molar-refractivity contribution < 1.29 is 22.7 Å². The Morgan fingerprint density at radius 3 is 2.41 bits per heavy atom. The fraction of sp³-hybridized carbons (Fsp3) is 0.192. The molecule has 1 heterocycles. The minimum absolute atomic E-state index is 0.0685. The second-order valence-electron chi connectivity index (χ2n) is 8.00. The average molecular weight is 479 g/mol. The van der Waals surface area contributed by atoms with Crippen molar-refractivity contribution >= 4 is 32.3 Å². The summed E-state index contributed by atoms with van der Waals surface area (Å²) in [7, 11) is -0.580. The van der Waals surface area contributed by atoms with Gasteiger partial charge in [0.15, 0.2) is 9.84 Å². The van der Waals surface area contributed by atoms with Gasteiger partial charge in [-0.05, 0) is 30.7 Å². The van der Waals surface area contributed by atoms with Crippen LogP contribution in [0.5, 0.6) is 11.5 Å². The van der Waals surface area contributed by atoms with Crippen molar-refractivity contribution in [1.29, 1.82) is 0 Å². The summed E-state index contributed by atoms with van der Waals surface area (Å²) in [4.78, 5) is 13.1. The molecule has 0 saturated heterocycles. The zero-order valence-electron chi connectivity index (χ0n) is 19.2. The van der Waals surface area contributed by atoms with Crippen molar-refractivity contribution in [3.05, 3.63) is 84.1 Å². The van der Waals surface area contributed by atoms with Crippen molar-refractivity contribution in [2.45, 2.75) is 24.1 Å². The summed E-state index contributed by atoms with van der Waals surface area (Å²) in [6, 6.07) is 19.7. The standard InChI is InChI=1S/C26H26N2O5S/c1-18-8-10-19(11-9-18)17-34(30,31)25-15-28(23-7-5-4-6-21(23)25)16-26(29)27-22-14-20(32-2)12-13-24(22)33-3/h4-15H,16-17H2,1-3H3,(H,27,29). The first-order chi connectivity index (χ1) is 16.3. The van der Waals surface area contributed by atoms with Gasteiger partial charge in [-0.15, -0.1) is 0 Å². The summed E-state index contributed by atoms with van der Waals surface area (Å²) in [5.41, 5.74) is 2.91. The Kier molecular flexibility index (Phi) is 6.61. The molecule has 0 bridgehead atoms. The smallest absolute Gasteiger partial charge is 0.244 e. The van der Waals surface area contributed by atoms with Gasteiger partial charge in [-0.3, -0.25) is 4.79 Å². The third kappa shape index (κ3) is 4.92. The average Bonchev–Trinajstić information content (AvgIpc) is 3.19. The molecule has 0 aliphatic rings. The van der Waals surface area contributed by atoms with Gasteiger partial charge >= 0.3 is 0 Å². The second kappa shape index (κ2) is 9.61. The third-order valence-corrected chi connectivity index (χ3v) is 7.27. The van der Waals surface area contributed by atoms with E-state index in [4.69, 9.17) is 9.47 Å². The molecule has 4 aromatic rings. The molecule has 1 N–H and O–H groups in total. The number of benzene rings is 3. The number of amides is 1. The summed E-state index contributed by atoms with van der Waals surface area (Å²) in [6.07, 6.45) is 1.54. The van der Waals surface area contributed by atoms with E-state index in [9.17, 15) is 13.2 Å². The molecule has 1 aromatic heterocycles. The molecule has 0 aliphatic heterocycles. The van der Waals surface area contributed by atoms with Crippen LogP contribution in [0.25, 0.3) is 10.9 Å². The Balaban J connectivity index is 1.63. The molecular weight excluding hydrogens is 452 g/mol. The first kappa shape index (κ1) is 23.4. The Labute approximate surface area is 198 Å². The Bertz CT molecular complexity index is 1440. The highest BCUT2D eigenvalue weighted by molar-refractivity contribution is 7.90. The van der Waals surface area contributed by atoms with Crippen LogP contribution in [0.3, 0.4) is 0 Å². The molecular formula is C26H26N2O5S. The van der Waals surface area contributed by atoms with E-state index in [1.165, 1.54) is 20.4 Å². The molecule has 0 unspecified atom stereocenters. The highest BCUT2D eigenvalue weighted by atomic mass is 32.2. The quantitative estimate of drug-likeness (QED) is 0.401. The van der Waals surface area contributed by atoms with Crippen LogP contribution in [0.1, 0.15) is 11.1 Å². The normalized spacial score (nSPS) is 11.4. The number of para-hydroxylation sites is 1. The molecule has 34 heavy (non-hydrogen) atoms. The van der Waals surface area contributed by atoms with E-state index in [-0.39, 0.29) is 23.1 Å². The van der Waals surface area contributed by atoms with Crippen LogP contribution < -0.4 is 14.8 Å². The molecule has 8 heteroatoms. The van der Waals surface area contributed by atoms with Crippen LogP contribution >= 0.6 is 0 Å². The SMILES string of the molecule is COc1ccc(OC)c(NC(=O)Cn2cc(S(=O)(=O)Cc3ccc(C)cc3)c3ccccc32)c1. The van der Waals surface area contributed by atoms with Gasteiger partial charge < -0.3 is 19.4 Å². The number of fused-ring (bicyclic) bond motifs is 1. The molecule has 3 aromatic carbocycles. The van der Waals surface area contributed by atoms with E-state index in [1.807, 2.05) is 37.3 Å². The monoisotopic (exact) mass is 478 g/mol. The van der Waals surface area contributed by atoms with Crippen molar-refractivity contribution in [3.63, 3.8) is 0 Å². The maximum Gasteiger partial charge on any atom is 0.244 e. The first-order valence-corrected chi connectivity index (χ1v) is 12.3. The summed E-state index contributed by atoms with van der Waals surface area (Å²) in [6.45, 7) is 1.89. The zero-order valence-corrected chi connectivity index (χ0v) is 20.1. The number of carbonyl (C=O) groups excluding carboxylic acids is 1. The van der Waals surface area contributed by atoms with Crippen LogP contribution in [0.2, 0.25) is 0 Å². The van der Waals surface area contributed by atoms with Crippen LogP contribution in [0.4, 0.5) is 5.69 Å². The van der Waals surface area contributed by atoms with Gasteiger partial charge in [-0.1, -0.05) is 48.0 Å². The number of hydrogen-bond donors (Lipinski definition) is 1. The van der Waals surface area contributed by atoms with Crippen molar-refractivity contribution in [3.8, 4) is 11.5 Å². The Hall–Kier alpha value is -3.78. The summed E-state index contributed by atoms with van der Waals surface area (Å²) in [5, 5.41) is 3.41. The van der Waals surface area contributed by atoms with Gasteiger partial charge in [0, 0.05) is 23.2 Å². The lowest BCUT2D eigenvalue weighted by Crippen LogP contribution is -2.18. The molecule has 0 radical (unpaired) electrons. The number of methoxy groups -OCH3 is 2. The fourth-order valence-electron chi connectivity index (χ4n) is 3.83. The molecule has 4 rings (SSSR count). The highest BCUT2D eigenvalue weighted by Gasteiger charge is 2.22. The number of hydrogen-bond acceptors (Lipinski definition) is 5. The molecule has 0 spiro atoms.